The van der Waals surface area contributed by atoms with Gasteiger partial charge >= 0.3 is 0 Å². The van der Waals surface area contributed by atoms with Crippen LogP contribution in [0.15, 0.2) is 64.1 Å². The molecule has 0 aromatic heterocycles. The zero-order valence-electron chi connectivity index (χ0n) is 19.2. The molecule has 182 valence electrons. The third-order valence-corrected chi connectivity index (χ3v) is 7.30. The number of nitrogens with zero attached hydrogens (tertiary/aromatic N) is 3. The molecule has 0 aliphatic carbocycles. The van der Waals surface area contributed by atoms with Gasteiger partial charge in [-0.2, -0.15) is 9.41 Å². The van der Waals surface area contributed by atoms with Crippen molar-refractivity contribution in [2.24, 2.45) is 5.10 Å². The normalized spacial score (nSPS) is 15.5. The second-order valence-electron chi connectivity index (χ2n) is 7.91. The van der Waals surface area contributed by atoms with Crippen LogP contribution in [0.3, 0.4) is 0 Å². The average molecular weight is 487 g/mol. The number of anilines is 1. The highest BCUT2D eigenvalue weighted by atomic mass is 32.2. The van der Waals surface area contributed by atoms with E-state index in [-0.39, 0.29) is 29.4 Å². The quantitative estimate of drug-likeness (QED) is 0.214. The van der Waals surface area contributed by atoms with Crippen LogP contribution in [-0.4, -0.2) is 50.2 Å². The van der Waals surface area contributed by atoms with Crippen molar-refractivity contribution in [3.8, 4) is 0 Å². The Labute approximate surface area is 200 Å². The molecular weight excluding hydrogens is 456 g/mol. The molecule has 3 rings (SSSR count). The van der Waals surface area contributed by atoms with Gasteiger partial charge in [-0.25, -0.2) is 8.42 Å². The molecule has 0 amide bonds. The molecule has 1 aliphatic rings. The number of unbranched alkanes of at least 4 members (excludes halogenated alkanes) is 2. The fraction of sp³-hybridized carbons (Fsp3) is 0.375. The van der Waals surface area contributed by atoms with E-state index < -0.39 is 14.9 Å². The molecule has 0 radical (unpaired) electrons. The maximum Gasteiger partial charge on any atom is 0.295 e. The number of hydrogen-bond donors (Lipinski definition) is 1. The summed E-state index contributed by atoms with van der Waals surface area (Å²) in [5, 5.41) is 15.9. The molecule has 1 aliphatic heterocycles. The van der Waals surface area contributed by atoms with E-state index in [2.05, 4.69) is 17.5 Å². The van der Waals surface area contributed by atoms with E-state index in [1.165, 1.54) is 16.4 Å². The minimum absolute atomic E-state index is 0.120. The van der Waals surface area contributed by atoms with Crippen molar-refractivity contribution in [3.05, 3.63) is 69.8 Å². The topological polar surface area (TPSA) is 114 Å². The second kappa shape index (κ2) is 12.4. The number of nitro benzene ring substituents is 1. The molecule has 1 N–H and O–H groups in total. The number of benzene rings is 2. The van der Waals surface area contributed by atoms with E-state index in [1.54, 1.807) is 6.21 Å². The van der Waals surface area contributed by atoms with Crippen LogP contribution in [0.5, 0.6) is 0 Å². The molecule has 0 saturated carbocycles. The fourth-order valence-electron chi connectivity index (χ4n) is 3.55. The summed E-state index contributed by atoms with van der Waals surface area (Å²) in [6, 6.07) is 13.7. The maximum atomic E-state index is 12.9. The first kappa shape index (κ1) is 25.5. The van der Waals surface area contributed by atoms with Crippen molar-refractivity contribution in [2.75, 3.05) is 31.7 Å². The number of morpholine rings is 1. The molecule has 9 nitrogen and oxygen atoms in total. The van der Waals surface area contributed by atoms with Gasteiger partial charge in [0.25, 0.3) is 5.69 Å². The van der Waals surface area contributed by atoms with Gasteiger partial charge in [-0.15, -0.1) is 0 Å². The lowest BCUT2D eigenvalue weighted by molar-refractivity contribution is -0.384. The molecule has 1 saturated heterocycles. The molecule has 1 heterocycles. The van der Waals surface area contributed by atoms with E-state index in [0.717, 1.165) is 42.9 Å². The number of nitro groups is 1. The number of sulfonamides is 1. The Morgan fingerprint density at radius 1 is 1.18 bits per heavy atom. The summed E-state index contributed by atoms with van der Waals surface area (Å²) in [5.41, 5.74) is 4.52. The van der Waals surface area contributed by atoms with Crippen LogP contribution < -0.4 is 5.43 Å². The molecule has 2 aromatic carbocycles. The molecular formula is C24H30N4O5S. The van der Waals surface area contributed by atoms with Crippen LogP contribution in [0, 0.1) is 10.1 Å². The third-order valence-electron chi connectivity index (χ3n) is 5.41. The van der Waals surface area contributed by atoms with Gasteiger partial charge in [-0.3, -0.25) is 15.5 Å². The van der Waals surface area contributed by atoms with Gasteiger partial charge < -0.3 is 4.74 Å². The molecule has 2 aromatic rings. The first-order chi connectivity index (χ1) is 16.4. The van der Waals surface area contributed by atoms with Crippen molar-refractivity contribution in [2.45, 2.75) is 37.5 Å². The fourth-order valence-corrected chi connectivity index (χ4v) is 4.98. The van der Waals surface area contributed by atoms with Gasteiger partial charge in [0.1, 0.15) is 5.69 Å². The lowest BCUT2D eigenvalue weighted by Gasteiger charge is -2.26. The Hall–Kier alpha value is -3.08. The Morgan fingerprint density at radius 3 is 2.59 bits per heavy atom. The summed E-state index contributed by atoms with van der Waals surface area (Å²) in [6.07, 6.45) is 7.72. The zero-order chi connectivity index (χ0) is 24.4. The highest BCUT2D eigenvalue weighted by Gasteiger charge is 2.28. The Kier molecular flexibility index (Phi) is 9.32. The monoisotopic (exact) mass is 486 g/mol. The van der Waals surface area contributed by atoms with Crippen molar-refractivity contribution >= 4 is 33.7 Å². The van der Waals surface area contributed by atoms with Gasteiger partial charge in [-0.05, 0) is 36.1 Å². The molecule has 0 bridgehead atoms. The van der Waals surface area contributed by atoms with Crippen molar-refractivity contribution in [3.63, 3.8) is 0 Å². The van der Waals surface area contributed by atoms with Crippen LogP contribution in [0.1, 0.15) is 38.2 Å². The molecule has 0 unspecified atom stereocenters. The average Bonchev–Trinajstić information content (AvgIpc) is 2.85. The Balaban J connectivity index is 1.80. The van der Waals surface area contributed by atoms with E-state index in [4.69, 9.17) is 4.74 Å². The maximum absolute atomic E-state index is 12.9. The molecule has 1 fully saturated rings. The summed E-state index contributed by atoms with van der Waals surface area (Å²) in [6.45, 7) is 3.17. The predicted molar refractivity (Wildman–Crippen MR) is 133 cm³/mol. The standard InChI is InChI=1S/C24H30N4O5S/c1-2-3-5-10-21(17-20-8-6-4-7-9-20)19-25-26-23-12-11-22(18-24(23)28(29)30)34(31,32)27-13-15-33-16-14-27/h4,6-9,11-12,17-19,26H,2-3,5,10,13-16H2,1H3/b21-17+,25-19-. The van der Waals surface area contributed by atoms with Gasteiger partial charge in [-0.1, -0.05) is 56.2 Å². The smallest absolute Gasteiger partial charge is 0.295 e. The minimum Gasteiger partial charge on any atom is -0.379 e. The van der Waals surface area contributed by atoms with Crippen LogP contribution in [0.25, 0.3) is 6.08 Å². The van der Waals surface area contributed by atoms with Crippen LogP contribution in [0.2, 0.25) is 0 Å². The van der Waals surface area contributed by atoms with Gasteiger partial charge in [0.2, 0.25) is 10.0 Å². The number of rotatable bonds is 11. The van der Waals surface area contributed by atoms with E-state index in [0.29, 0.717) is 13.2 Å². The highest BCUT2D eigenvalue weighted by Crippen LogP contribution is 2.29. The zero-order valence-corrected chi connectivity index (χ0v) is 20.0. The summed E-state index contributed by atoms with van der Waals surface area (Å²) in [4.78, 5) is 10.9. The number of allylic oxidation sites excluding steroid dienone is 1. The van der Waals surface area contributed by atoms with Crippen LogP contribution in [0.4, 0.5) is 11.4 Å². The van der Waals surface area contributed by atoms with Gasteiger partial charge in [0.05, 0.1) is 29.2 Å². The summed E-state index contributed by atoms with van der Waals surface area (Å²) < 4.78 is 32.2. The molecule has 34 heavy (non-hydrogen) atoms. The largest absolute Gasteiger partial charge is 0.379 e. The molecule has 10 heteroatoms. The lowest BCUT2D eigenvalue weighted by atomic mass is 10.1. The first-order valence-electron chi connectivity index (χ1n) is 11.3. The van der Waals surface area contributed by atoms with Gasteiger partial charge in [0.15, 0.2) is 0 Å². The second-order valence-corrected chi connectivity index (χ2v) is 9.85. The van der Waals surface area contributed by atoms with E-state index in [1.807, 2.05) is 36.4 Å². The predicted octanol–water partition coefficient (Wildman–Crippen LogP) is 4.68. The summed E-state index contributed by atoms with van der Waals surface area (Å²) in [7, 11) is -3.84. The number of hydrogen-bond acceptors (Lipinski definition) is 7. The number of nitrogens with one attached hydrogen (secondary N) is 1. The van der Waals surface area contributed by atoms with Crippen molar-refractivity contribution in [1.82, 2.24) is 4.31 Å². The molecule has 0 atom stereocenters. The highest BCUT2D eigenvalue weighted by molar-refractivity contribution is 7.89. The SMILES string of the molecule is CCCCCC(/C=N\Nc1ccc(S(=O)(=O)N2CCOCC2)cc1[N+](=O)[O-])=C\c1ccccc1. The van der Waals surface area contributed by atoms with Crippen molar-refractivity contribution < 1.29 is 18.1 Å². The van der Waals surface area contributed by atoms with E-state index in [9.17, 15) is 18.5 Å². The number of hydrazone groups is 1. The first-order valence-corrected chi connectivity index (χ1v) is 12.8. The van der Waals surface area contributed by atoms with Gasteiger partial charge in [0, 0.05) is 19.2 Å². The Bertz CT molecular complexity index is 1130. The van der Waals surface area contributed by atoms with Crippen molar-refractivity contribution in [1.29, 1.82) is 0 Å². The summed E-state index contributed by atoms with van der Waals surface area (Å²) in [5.74, 6) is 0. The Morgan fingerprint density at radius 2 is 1.91 bits per heavy atom. The van der Waals surface area contributed by atoms with Crippen LogP contribution >= 0.6 is 0 Å². The third kappa shape index (κ3) is 6.96. The molecule has 0 spiro atoms. The van der Waals surface area contributed by atoms with Crippen LogP contribution in [-0.2, 0) is 14.8 Å². The summed E-state index contributed by atoms with van der Waals surface area (Å²) >= 11 is 0. The lowest BCUT2D eigenvalue weighted by Crippen LogP contribution is -2.40. The minimum atomic E-state index is -3.84. The number of ether oxygens (including phenoxy) is 1. The van der Waals surface area contributed by atoms with E-state index >= 15 is 0 Å².